The van der Waals surface area contributed by atoms with Gasteiger partial charge in [0.05, 0.1) is 0 Å². The SMILES string of the molecule is Fc1cccc2cnc(NC3=[N+]=CC4(CN5CCC4CC5)O3)cc12. The molecule has 0 saturated carbocycles. The van der Waals surface area contributed by atoms with Gasteiger partial charge in [0, 0.05) is 35.5 Å². The molecular formula is C18H18FN4O+. The largest absolute Gasteiger partial charge is 0.554 e. The van der Waals surface area contributed by atoms with Crippen LogP contribution in [0.25, 0.3) is 10.8 Å². The first-order valence-corrected chi connectivity index (χ1v) is 8.37. The highest BCUT2D eigenvalue weighted by Crippen LogP contribution is 2.38. The van der Waals surface area contributed by atoms with E-state index in [2.05, 4.69) is 19.9 Å². The lowest BCUT2D eigenvalue weighted by Gasteiger charge is -2.47. The Labute approximate surface area is 138 Å². The van der Waals surface area contributed by atoms with Gasteiger partial charge in [-0.05, 0) is 32.0 Å². The van der Waals surface area contributed by atoms with Gasteiger partial charge in [0.15, 0.2) is 0 Å². The van der Waals surface area contributed by atoms with Crippen molar-refractivity contribution in [2.45, 2.75) is 18.4 Å². The summed E-state index contributed by atoms with van der Waals surface area (Å²) in [7, 11) is 0. The molecule has 1 aromatic heterocycles. The molecule has 5 heterocycles. The molecule has 0 aliphatic carbocycles. The first-order valence-electron chi connectivity index (χ1n) is 8.37. The molecule has 1 spiro atoms. The van der Waals surface area contributed by atoms with Crippen LogP contribution in [0, 0.1) is 11.7 Å². The zero-order valence-electron chi connectivity index (χ0n) is 13.2. The summed E-state index contributed by atoms with van der Waals surface area (Å²) in [6.45, 7) is 3.20. The van der Waals surface area contributed by atoms with Gasteiger partial charge in [0.25, 0.3) is 0 Å². The van der Waals surface area contributed by atoms with E-state index in [0.717, 1.165) is 37.9 Å². The van der Waals surface area contributed by atoms with E-state index in [1.54, 1.807) is 18.3 Å². The van der Waals surface area contributed by atoms with Gasteiger partial charge in [-0.3, -0.25) is 4.90 Å². The van der Waals surface area contributed by atoms with Gasteiger partial charge in [-0.25, -0.2) is 9.37 Å². The topological polar surface area (TPSA) is 51.5 Å². The monoisotopic (exact) mass is 325 g/mol. The van der Waals surface area contributed by atoms with E-state index < -0.39 is 0 Å². The number of nitrogens with one attached hydrogen (secondary N) is 1. The minimum atomic E-state index is -0.305. The number of hydrogen-bond acceptors (Lipinski definition) is 4. The van der Waals surface area contributed by atoms with E-state index in [0.29, 0.717) is 23.1 Å². The molecule has 1 atom stereocenters. The molecule has 1 aromatic carbocycles. The standard InChI is InChI=1S/C18H17FN4O/c19-15-3-1-2-12-9-20-16(8-14(12)15)22-17-21-10-18(24-17)11-23-6-4-13(18)5-7-23/h1-3,8-10,13H,4-7,11H2/p+1. The number of anilines is 1. The summed E-state index contributed by atoms with van der Waals surface area (Å²) in [6.07, 6.45) is 5.90. The van der Waals surface area contributed by atoms with Crippen molar-refractivity contribution in [2.24, 2.45) is 5.92 Å². The zero-order valence-corrected chi connectivity index (χ0v) is 13.2. The number of nitrogens with zero attached hydrogens (tertiary/aromatic N) is 3. The van der Waals surface area contributed by atoms with Crippen molar-refractivity contribution in [2.75, 3.05) is 25.0 Å². The van der Waals surface area contributed by atoms with Gasteiger partial charge in [-0.15, -0.1) is 0 Å². The molecule has 24 heavy (non-hydrogen) atoms. The summed E-state index contributed by atoms with van der Waals surface area (Å²) in [5.74, 6) is 0.804. The second-order valence-electron chi connectivity index (χ2n) is 6.83. The number of rotatable bonds is 1. The molecule has 3 fully saturated rings. The Hall–Kier alpha value is -2.43. The number of hydrogen-bond donors (Lipinski definition) is 1. The van der Waals surface area contributed by atoms with Crippen molar-refractivity contribution >= 4 is 28.8 Å². The predicted octanol–water partition coefficient (Wildman–Crippen LogP) is 1.77. The van der Waals surface area contributed by atoms with Gasteiger partial charge in [-0.1, -0.05) is 12.1 Å². The second kappa shape index (κ2) is 5.03. The quantitative estimate of drug-likeness (QED) is 0.812. The number of piperidine rings is 3. The number of amidine groups is 1. The third-order valence-corrected chi connectivity index (χ3v) is 5.38. The Balaban J connectivity index is 1.38. The van der Waals surface area contributed by atoms with E-state index in [9.17, 15) is 4.39 Å². The minimum absolute atomic E-state index is 0.257. The Kier molecular flexibility index (Phi) is 2.93. The van der Waals surface area contributed by atoms with Crippen LogP contribution in [0.2, 0.25) is 0 Å². The maximum absolute atomic E-state index is 13.9. The molecule has 1 N–H and O–H groups in total. The highest BCUT2D eigenvalue weighted by atomic mass is 19.1. The fraction of sp³-hybridized carbons (Fsp3) is 0.389. The minimum Gasteiger partial charge on any atom is -0.401 e. The van der Waals surface area contributed by atoms with E-state index >= 15 is 0 Å². The molecule has 1 unspecified atom stereocenters. The maximum Gasteiger partial charge on any atom is 0.554 e. The Morgan fingerprint density at radius 2 is 2.21 bits per heavy atom. The van der Waals surface area contributed by atoms with Crippen molar-refractivity contribution in [3.8, 4) is 0 Å². The average molecular weight is 325 g/mol. The van der Waals surface area contributed by atoms with Crippen LogP contribution >= 0.6 is 0 Å². The third kappa shape index (κ3) is 2.11. The van der Waals surface area contributed by atoms with E-state index in [1.165, 1.54) is 6.07 Å². The van der Waals surface area contributed by atoms with E-state index in [-0.39, 0.29) is 11.4 Å². The number of fused-ring (bicyclic) bond motifs is 3. The van der Waals surface area contributed by atoms with Gasteiger partial charge in [-0.2, -0.15) is 9.98 Å². The van der Waals surface area contributed by atoms with Crippen LogP contribution in [-0.4, -0.2) is 47.4 Å². The predicted molar refractivity (Wildman–Crippen MR) is 91.5 cm³/mol. The molecule has 0 amide bonds. The third-order valence-electron chi connectivity index (χ3n) is 5.38. The Morgan fingerprint density at radius 1 is 1.33 bits per heavy atom. The molecule has 4 aliphatic heterocycles. The summed E-state index contributed by atoms with van der Waals surface area (Å²) in [5, 5.41) is 4.40. The smallest absolute Gasteiger partial charge is 0.401 e. The van der Waals surface area contributed by atoms with Gasteiger partial charge in [0.1, 0.15) is 5.82 Å². The normalized spacial score (nSPS) is 30.6. The van der Waals surface area contributed by atoms with Crippen LogP contribution in [0.5, 0.6) is 0 Å². The lowest BCUT2D eigenvalue weighted by molar-refractivity contribution is -0.0474. The Morgan fingerprint density at radius 3 is 3.00 bits per heavy atom. The lowest BCUT2D eigenvalue weighted by atomic mass is 9.76. The molecular weight excluding hydrogens is 307 g/mol. The number of aromatic nitrogens is 1. The van der Waals surface area contributed by atoms with Crippen LogP contribution in [0.4, 0.5) is 10.2 Å². The zero-order chi connectivity index (χ0) is 16.1. The fourth-order valence-electron chi connectivity index (χ4n) is 4.09. The first kappa shape index (κ1) is 14.0. The van der Waals surface area contributed by atoms with Crippen LogP contribution in [0.3, 0.4) is 0 Å². The van der Waals surface area contributed by atoms with E-state index in [1.807, 2.05) is 12.3 Å². The summed E-state index contributed by atoms with van der Waals surface area (Å²) in [4.78, 5) is 6.76. The van der Waals surface area contributed by atoms with Crippen molar-refractivity contribution < 1.29 is 9.13 Å². The lowest BCUT2D eigenvalue weighted by Crippen LogP contribution is -2.61. The highest BCUT2D eigenvalue weighted by Gasteiger charge is 2.54. The first-order chi connectivity index (χ1) is 11.7. The number of benzene rings is 1. The van der Waals surface area contributed by atoms with Gasteiger partial charge in [0.2, 0.25) is 17.6 Å². The summed E-state index contributed by atoms with van der Waals surface area (Å²) in [6, 6.07) is 7.12. The van der Waals surface area contributed by atoms with Crippen molar-refractivity contribution in [3.05, 3.63) is 36.3 Å². The van der Waals surface area contributed by atoms with Crippen LogP contribution in [-0.2, 0) is 4.74 Å². The molecule has 6 heteroatoms. The van der Waals surface area contributed by atoms with Crippen LogP contribution in [0.15, 0.2) is 30.5 Å². The average Bonchev–Trinajstić information content (AvgIpc) is 2.99. The highest BCUT2D eigenvalue weighted by molar-refractivity contribution is 5.96. The number of halogens is 1. The summed E-state index contributed by atoms with van der Waals surface area (Å²) < 4.78 is 24.5. The van der Waals surface area contributed by atoms with Crippen LogP contribution in [0.1, 0.15) is 12.8 Å². The van der Waals surface area contributed by atoms with Crippen LogP contribution < -0.4 is 9.98 Å². The number of ether oxygens (including phenoxy) is 1. The number of pyridine rings is 1. The van der Waals surface area contributed by atoms with Crippen molar-refractivity contribution in [3.63, 3.8) is 0 Å². The fourth-order valence-corrected chi connectivity index (χ4v) is 4.09. The molecule has 4 aliphatic rings. The summed E-state index contributed by atoms with van der Waals surface area (Å²) >= 11 is 0. The molecule has 0 radical (unpaired) electrons. The summed E-state index contributed by atoms with van der Waals surface area (Å²) in [5.41, 5.74) is -0.305. The second-order valence-corrected chi connectivity index (χ2v) is 6.83. The van der Waals surface area contributed by atoms with Crippen molar-refractivity contribution in [1.29, 1.82) is 0 Å². The van der Waals surface area contributed by atoms with Crippen molar-refractivity contribution in [1.82, 2.24) is 14.6 Å². The van der Waals surface area contributed by atoms with E-state index in [4.69, 9.17) is 4.74 Å². The maximum atomic E-state index is 13.9. The molecule has 122 valence electrons. The molecule has 5 nitrogen and oxygen atoms in total. The van der Waals surface area contributed by atoms with Gasteiger partial charge >= 0.3 is 6.02 Å². The molecule has 6 rings (SSSR count). The molecule has 2 aromatic rings. The van der Waals surface area contributed by atoms with Gasteiger partial charge < -0.3 is 4.74 Å². The molecule has 3 saturated heterocycles. The Bertz CT molecular complexity index is 884. The molecule has 2 bridgehead atoms.